The smallest absolute Gasteiger partial charge is 0.342 e. The molecule has 1 amide bonds. The third kappa shape index (κ3) is 4.02. The zero-order valence-electron chi connectivity index (χ0n) is 11.5. The van der Waals surface area contributed by atoms with E-state index in [9.17, 15) is 14.0 Å². The summed E-state index contributed by atoms with van der Waals surface area (Å²) in [5, 5.41) is 2.51. The normalized spacial score (nSPS) is 11.6. The van der Waals surface area contributed by atoms with E-state index in [1.165, 1.54) is 49.5 Å². The van der Waals surface area contributed by atoms with Crippen LogP contribution in [0, 0.1) is 5.82 Å². The van der Waals surface area contributed by atoms with Crippen molar-refractivity contribution in [3.05, 3.63) is 59.1 Å². The molecule has 1 atom stereocenters. The summed E-state index contributed by atoms with van der Waals surface area (Å²) in [6.07, 6.45) is 0.387. The van der Waals surface area contributed by atoms with Crippen LogP contribution in [0.4, 0.5) is 10.1 Å². The van der Waals surface area contributed by atoms with Crippen LogP contribution < -0.4 is 5.32 Å². The number of benzene rings is 1. The van der Waals surface area contributed by atoms with Crippen LogP contribution in [-0.4, -0.2) is 23.0 Å². The molecule has 0 aliphatic rings. The van der Waals surface area contributed by atoms with Crippen LogP contribution >= 0.6 is 11.6 Å². The van der Waals surface area contributed by atoms with E-state index in [0.717, 1.165) is 0 Å². The third-order valence-electron chi connectivity index (χ3n) is 2.74. The number of nitrogens with one attached hydrogen (secondary N) is 1. The highest BCUT2D eigenvalue weighted by atomic mass is 35.5. The Bertz CT molecular complexity index is 691. The van der Waals surface area contributed by atoms with Gasteiger partial charge in [0.1, 0.15) is 11.0 Å². The molecule has 1 heterocycles. The summed E-state index contributed by atoms with van der Waals surface area (Å²) in [4.78, 5) is 27.6. The lowest BCUT2D eigenvalue weighted by atomic mass is 10.2. The van der Waals surface area contributed by atoms with Gasteiger partial charge in [-0.3, -0.25) is 4.79 Å². The lowest BCUT2D eigenvalue weighted by Crippen LogP contribution is -2.30. The molecule has 0 aliphatic carbocycles. The van der Waals surface area contributed by atoms with E-state index >= 15 is 0 Å². The number of amides is 1. The van der Waals surface area contributed by atoms with Gasteiger partial charge >= 0.3 is 5.97 Å². The molecule has 0 unspecified atom stereocenters. The van der Waals surface area contributed by atoms with Gasteiger partial charge in [0.25, 0.3) is 5.91 Å². The lowest BCUT2D eigenvalue weighted by Gasteiger charge is -2.13. The zero-order valence-corrected chi connectivity index (χ0v) is 12.3. The summed E-state index contributed by atoms with van der Waals surface area (Å²) >= 11 is 5.78. The SMILES string of the molecule is C[C@@H](OC(=O)c1cccnc1Cl)C(=O)Nc1ccc(F)cc1. The van der Waals surface area contributed by atoms with Crippen LogP contribution in [0.3, 0.4) is 0 Å². The molecule has 1 N–H and O–H groups in total. The maximum absolute atomic E-state index is 12.8. The molecule has 0 spiro atoms. The van der Waals surface area contributed by atoms with Crippen molar-refractivity contribution in [2.45, 2.75) is 13.0 Å². The number of hydrogen-bond acceptors (Lipinski definition) is 4. The summed E-state index contributed by atoms with van der Waals surface area (Å²) in [5.74, 6) is -1.71. The van der Waals surface area contributed by atoms with Gasteiger partial charge in [0.15, 0.2) is 6.10 Å². The predicted octanol–water partition coefficient (Wildman–Crippen LogP) is 3.06. The number of aromatic nitrogens is 1. The number of ether oxygens (including phenoxy) is 1. The van der Waals surface area contributed by atoms with Crippen LogP contribution in [0.5, 0.6) is 0 Å². The minimum absolute atomic E-state index is 0.00126. The van der Waals surface area contributed by atoms with E-state index in [4.69, 9.17) is 16.3 Å². The lowest BCUT2D eigenvalue weighted by molar-refractivity contribution is -0.123. The van der Waals surface area contributed by atoms with Crippen molar-refractivity contribution >= 4 is 29.2 Å². The molecule has 7 heteroatoms. The molecule has 1 aromatic heterocycles. The maximum Gasteiger partial charge on any atom is 0.342 e. The first kappa shape index (κ1) is 15.9. The fraction of sp³-hybridized carbons (Fsp3) is 0.133. The average Bonchev–Trinajstić information content (AvgIpc) is 2.49. The standard InChI is InChI=1S/C15H12ClFN2O3/c1-9(14(20)19-11-6-4-10(17)5-7-11)22-15(21)12-3-2-8-18-13(12)16/h2-9H,1H3,(H,19,20)/t9-/m1/s1. The molecule has 0 aliphatic heterocycles. The molecule has 0 radical (unpaired) electrons. The predicted molar refractivity (Wildman–Crippen MR) is 79.2 cm³/mol. The van der Waals surface area contributed by atoms with Gasteiger partial charge in [0.2, 0.25) is 0 Å². The van der Waals surface area contributed by atoms with E-state index in [1.807, 2.05) is 0 Å². The molecule has 0 fully saturated rings. The summed E-state index contributed by atoms with van der Waals surface area (Å²) in [6.45, 7) is 1.42. The van der Waals surface area contributed by atoms with Gasteiger partial charge in [0, 0.05) is 11.9 Å². The number of nitrogens with zero attached hydrogens (tertiary/aromatic N) is 1. The Morgan fingerprint density at radius 2 is 1.95 bits per heavy atom. The van der Waals surface area contributed by atoms with Gasteiger partial charge in [-0.05, 0) is 43.3 Å². The van der Waals surface area contributed by atoms with E-state index in [0.29, 0.717) is 5.69 Å². The molecule has 0 saturated carbocycles. The summed E-state index contributed by atoms with van der Waals surface area (Å²) in [7, 11) is 0. The molecule has 5 nitrogen and oxygen atoms in total. The minimum Gasteiger partial charge on any atom is -0.449 e. The molecule has 22 heavy (non-hydrogen) atoms. The number of anilines is 1. The Morgan fingerprint density at radius 3 is 2.59 bits per heavy atom. The Labute approximate surface area is 131 Å². The summed E-state index contributed by atoms with van der Waals surface area (Å²) in [6, 6.07) is 8.21. The Kier molecular flexibility index (Phi) is 5.06. The van der Waals surface area contributed by atoms with Crippen molar-refractivity contribution < 1.29 is 18.7 Å². The van der Waals surface area contributed by atoms with Crippen LogP contribution in [0.1, 0.15) is 17.3 Å². The zero-order chi connectivity index (χ0) is 16.1. The van der Waals surface area contributed by atoms with Gasteiger partial charge in [0.05, 0.1) is 5.56 Å². The van der Waals surface area contributed by atoms with Gasteiger partial charge in [-0.2, -0.15) is 0 Å². The van der Waals surface area contributed by atoms with E-state index < -0.39 is 23.8 Å². The monoisotopic (exact) mass is 322 g/mol. The number of esters is 1. The average molecular weight is 323 g/mol. The van der Waals surface area contributed by atoms with E-state index in [1.54, 1.807) is 0 Å². The molecular weight excluding hydrogens is 311 g/mol. The molecule has 0 bridgehead atoms. The van der Waals surface area contributed by atoms with Crippen molar-refractivity contribution in [3.63, 3.8) is 0 Å². The van der Waals surface area contributed by atoms with Crippen molar-refractivity contribution in [3.8, 4) is 0 Å². The number of halogens is 2. The number of pyridine rings is 1. The van der Waals surface area contributed by atoms with Crippen LogP contribution in [0.15, 0.2) is 42.6 Å². The minimum atomic E-state index is -1.05. The Hall–Kier alpha value is -2.47. The number of rotatable bonds is 4. The third-order valence-corrected chi connectivity index (χ3v) is 3.04. The van der Waals surface area contributed by atoms with Crippen LogP contribution in [-0.2, 0) is 9.53 Å². The molecule has 114 valence electrons. The second-order valence-electron chi connectivity index (χ2n) is 4.39. The van der Waals surface area contributed by atoms with Crippen molar-refractivity contribution in [1.29, 1.82) is 0 Å². The van der Waals surface area contributed by atoms with Crippen molar-refractivity contribution in [1.82, 2.24) is 4.98 Å². The first-order valence-corrected chi connectivity index (χ1v) is 6.73. The molecule has 2 rings (SSSR count). The second kappa shape index (κ2) is 7.00. The van der Waals surface area contributed by atoms with E-state index in [2.05, 4.69) is 10.3 Å². The number of carbonyl (C=O) groups excluding carboxylic acids is 2. The topological polar surface area (TPSA) is 68.3 Å². The van der Waals surface area contributed by atoms with Crippen molar-refractivity contribution in [2.75, 3.05) is 5.32 Å². The van der Waals surface area contributed by atoms with Crippen LogP contribution in [0.2, 0.25) is 5.15 Å². The molecular formula is C15H12ClFN2O3. The Balaban J connectivity index is 1.98. The maximum atomic E-state index is 12.8. The highest BCUT2D eigenvalue weighted by Gasteiger charge is 2.20. The largest absolute Gasteiger partial charge is 0.449 e. The first-order chi connectivity index (χ1) is 10.5. The number of hydrogen-bond donors (Lipinski definition) is 1. The van der Waals surface area contributed by atoms with Crippen molar-refractivity contribution in [2.24, 2.45) is 0 Å². The summed E-state index contributed by atoms with van der Waals surface area (Å²) < 4.78 is 17.8. The van der Waals surface area contributed by atoms with Gasteiger partial charge in [-0.25, -0.2) is 14.2 Å². The summed E-state index contributed by atoms with van der Waals surface area (Å²) in [5.41, 5.74) is 0.472. The highest BCUT2D eigenvalue weighted by Crippen LogP contribution is 2.14. The molecule has 2 aromatic rings. The first-order valence-electron chi connectivity index (χ1n) is 6.35. The fourth-order valence-electron chi connectivity index (χ4n) is 1.59. The highest BCUT2D eigenvalue weighted by molar-refractivity contribution is 6.32. The van der Waals surface area contributed by atoms with Crippen LogP contribution in [0.25, 0.3) is 0 Å². The fourth-order valence-corrected chi connectivity index (χ4v) is 1.79. The molecule has 1 aromatic carbocycles. The van der Waals surface area contributed by atoms with Gasteiger partial charge in [-0.15, -0.1) is 0 Å². The molecule has 0 saturated heterocycles. The number of carbonyl (C=O) groups is 2. The van der Waals surface area contributed by atoms with Gasteiger partial charge < -0.3 is 10.1 Å². The second-order valence-corrected chi connectivity index (χ2v) is 4.74. The Morgan fingerprint density at radius 1 is 1.27 bits per heavy atom. The van der Waals surface area contributed by atoms with E-state index in [-0.39, 0.29) is 10.7 Å². The quantitative estimate of drug-likeness (QED) is 0.694. The van der Waals surface area contributed by atoms with Gasteiger partial charge in [-0.1, -0.05) is 11.6 Å².